The smallest absolute Gasteiger partial charge is 0.147 e. The van der Waals surface area contributed by atoms with Crippen molar-refractivity contribution in [2.45, 2.75) is 32.2 Å². The lowest BCUT2D eigenvalue weighted by Crippen LogP contribution is -2.41. The van der Waals surface area contributed by atoms with Crippen LogP contribution in [-0.2, 0) is 16.3 Å². The molecule has 0 bridgehead atoms. The Morgan fingerprint density at radius 1 is 1.38 bits per heavy atom. The van der Waals surface area contributed by atoms with Crippen molar-refractivity contribution in [2.75, 3.05) is 25.2 Å². The topological polar surface area (TPSA) is 55.4 Å². The second kappa shape index (κ2) is 7.27. The molecule has 0 radical (unpaired) electrons. The maximum Gasteiger partial charge on any atom is 0.147 e. The van der Waals surface area contributed by atoms with E-state index in [1.807, 2.05) is 18.2 Å². The summed E-state index contributed by atoms with van der Waals surface area (Å²) in [5, 5.41) is 3.49. The van der Waals surface area contributed by atoms with Gasteiger partial charge in [-0.05, 0) is 37.4 Å². The maximum atomic E-state index is 11.3. The molecule has 0 fully saturated rings. The molecule has 0 saturated carbocycles. The van der Waals surface area contributed by atoms with Crippen LogP contribution >= 0.6 is 0 Å². The summed E-state index contributed by atoms with van der Waals surface area (Å²) in [7, 11) is -2.87. The predicted octanol–water partition coefficient (Wildman–Crippen LogP) is 2.04. The third-order valence-corrected chi connectivity index (χ3v) is 5.00. The number of hydrogen-bond donors (Lipinski definition) is 1. The van der Waals surface area contributed by atoms with Crippen LogP contribution in [0.15, 0.2) is 24.3 Å². The van der Waals surface area contributed by atoms with Crippen LogP contribution in [0.25, 0.3) is 0 Å². The average molecular weight is 311 g/mol. The van der Waals surface area contributed by atoms with Crippen molar-refractivity contribution in [3.8, 4) is 5.75 Å². The standard InChI is InChI=1S/C16H25NO3S/c1-3-17-15(8-6-10-21(2,18)19)14-11-13-7-4-5-9-16(13)20-12-14/h4-5,7,9,14-15,17H,3,6,8,10-12H2,1-2H3. The molecule has 0 aliphatic carbocycles. The van der Waals surface area contributed by atoms with Crippen LogP contribution in [0.2, 0.25) is 0 Å². The van der Waals surface area contributed by atoms with Crippen LogP contribution in [0, 0.1) is 5.92 Å². The van der Waals surface area contributed by atoms with Crippen LogP contribution in [-0.4, -0.2) is 39.6 Å². The van der Waals surface area contributed by atoms with Gasteiger partial charge < -0.3 is 10.1 Å². The Labute approximate surface area is 127 Å². The van der Waals surface area contributed by atoms with Crippen molar-refractivity contribution in [1.29, 1.82) is 0 Å². The fourth-order valence-corrected chi connectivity index (χ4v) is 3.63. The summed E-state index contributed by atoms with van der Waals surface area (Å²) >= 11 is 0. The highest BCUT2D eigenvalue weighted by Gasteiger charge is 2.26. The Hall–Kier alpha value is -1.07. The van der Waals surface area contributed by atoms with Gasteiger partial charge in [0.05, 0.1) is 6.61 Å². The molecule has 4 nitrogen and oxygen atoms in total. The number of fused-ring (bicyclic) bond motifs is 1. The molecule has 0 spiro atoms. The van der Waals surface area contributed by atoms with Gasteiger partial charge in [0.15, 0.2) is 0 Å². The van der Waals surface area contributed by atoms with Crippen molar-refractivity contribution in [1.82, 2.24) is 5.32 Å². The van der Waals surface area contributed by atoms with E-state index in [2.05, 4.69) is 18.3 Å². The van der Waals surface area contributed by atoms with Crippen LogP contribution in [0.3, 0.4) is 0 Å². The number of para-hydroxylation sites is 1. The summed E-state index contributed by atoms with van der Waals surface area (Å²) in [6, 6.07) is 8.47. The number of hydrogen-bond acceptors (Lipinski definition) is 4. The fourth-order valence-electron chi connectivity index (χ4n) is 2.94. The Kier molecular flexibility index (Phi) is 5.65. The molecule has 118 valence electrons. The molecule has 5 heteroatoms. The molecule has 2 rings (SSSR count). The highest BCUT2D eigenvalue weighted by atomic mass is 32.2. The molecule has 1 aromatic carbocycles. The van der Waals surface area contributed by atoms with Gasteiger partial charge in [0.1, 0.15) is 15.6 Å². The van der Waals surface area contributed by atoms with E-state index in [1.54, 1.807) is 0 Å². The zero-order chi connectivity index (χ0) is 15.3. The fraction of sp³-hybridized carbons (Fsp3) is 0.625. The van der Waals surface area contributed by atoms with Crippen molar-refractivity contribution >= 4 is 9.84 Å². The molecule has 1 N–H and O–H groups in total. The predicted molar refractivity (Wildman–Crippen MR) is 85.5 cm³/mol. The van der Waals surface area contributed by atoms with E-state index in [9.17, 15) is 8.42 Å². The molecular formula is C16H25NO3S. The van der Waals surface area contributed by atoms with Crippen molar-refractivity contribution in [2.24, 2.45) is 5.92 Å². The lowest BCUT2D eigenvalue weighted by Gasteiger charge is -2.32. The highest BCUT2D eigenvalue weighted by Crippen LogP contribution is 2.29. The Morgan fingerprint density at radius 2 is 2.14 bits per heavy atom. The number of sulfone groups is 1. The molecule has 0 aromatic heterocycles. The Balaban J connectivity index is 1.96. The van der Waals surface area contributed by atoms with Crippen molar-refractivity contribution in [3.05, 3.63) is 29.8 Å². The van der Waals surface area contributed by atoms with Crippen LogP contribution in [0.4, 0.5) is 0 Å². The van der Waals surface area contributed by atoms with E-state index >= 15 is 0 Å². The zero-order valence-corrected chi connectivity index (χ0v) is 13.7. The highest BCUT2D eigenvalue weighted by molar-refractivity contribution is 7.90. The molecule has 0 saturated heterocycles. The first-order valence-electron chi connectivity index (χ1n) is 7.61. The molecule has 1 aromatic rings. The van der Waals surface area contributed by atoms with Gasteiger partial charge >= 0.3 is 0 Å². The molecule has 2 atom stereocenters. The summed E-state index contributed by atoms with van der Waals surface area (Å²) < 4.78 is 28.4. The van der Waals surface area contributed by atoms with E-state index < -0.39 is 9.84 Å². The minimum Gasteiger partial charge on any atom is -0.493 e. The summed E-state index contributed by atoms with van der Waals surface area (Å²) in [5.41, 5.74) is 1.25. The molecule has 1 aliphatic rings. The van der Waals surface area contributed by atoms with Gasteiger partial charge in [0.25, 0.3) is 0 Å². The van der Waals surface area contributed by atoms with Gasteiger partial charge in [-0.15, -0.1) is 0 Å². The summed E-state index contributed by atoms with van der Waals surface area (Å²) in [4.78, 5) is 0. The number of benzene rings is 1. The molecule has 0 amide bonds. The first-order valence-corrected chi connectivity index (χ1v) is 9.67. The molecule has 1 aliphatic heterocycles. The lowest BCUT2D eigenvalue weighted by molar-refractivity contribution is 0.180. The summed E-state index contributed by atoms with van der Waals surface area (Å²) in [5.74, 6) is 1.65. The Morgan fingerprint density at radius 3 is 2.86 bits per heavy atom. The van der Waals surface area contributed by atoms with E-state index in [0.29, 0.717) is 25.0 Å². The normalized spacial score (nSPS) is 19.6. The van der Waals surface area contributed by atoms with E-state index in [4.69, 9.17) is 4.74 Å². The second-order valence-electron chi connectivity index (χ2n) is 5.82. The van der Waals surface area contributed by atoms with Crippen molar-refractivity contribution in [3.63, 3.8) is 0 Å². The molecule has 21 heavy (non-hydrogen) atoms. The Bertz CT molecular complexity index is 556. The molecular weight excluding hydrogens is 286 g/mol. The maximum absolute atomic E-state index is 11.3. The van der Waals surface area contributed by atoms with Gasteiger partial charge in [0.2, 0.25) is 0 Å². The summed E-state index contributed by atoms with van der Waals surface area (Å²) in [6.45, 7) is 3.68. The minimum atomic E-state index is -2.87. The van der Waals surface area contributed by atoms with Gasteiger partial charge in [-0.3, -0.25) is 0 Å². The average Bonchev–Trinajstić information content (AvgIpc) is 2.44. The SMILES string of the molecule is CCNC(CCCS(C)(=O)=O)C1COc2ccccc2C1. The van der Waals surface area contributed by atoms with Gasteiger partial charge in [0, 0.05) is 24.0 Å². The molecule has 2 unspecified atom stereocenters. The third kappa shape index (κ3) is 5.00. The quantitative estimate of drug-likeness (QED) is 0.837. The van der Waals surface area contributed by atoms with Crippen molar-refractivity contribution < 1.29 is 13.2 Å². The van der Waals surface area contributed by atoms with Gasteiger partial charge in [-0.2, -0.15) is 0 Å². The van der Waals surface area contributed by atoms with Gasteiger partial charge in [-0.25, -0.2) is 8.42 Å². The van der Waals surface area contributed by atoms with E-state index in [-0.39, 0.29) is 5.75 Å². The first-order chi connectivity index (χ1) is 9.99. The monoisotopic (exact) mass is 311 g/mol. The largest absolute Gasteiger partial charge is 0.493 e. The van der Waals surface area contributed by atoms with E-state index in [0.717, 1.165) is 25.1 Å². The van der Waals surface area contributed by atoms with Crippen LogP contribution in [0.5, 0.6) is 5.75 Å². The number of rotatable bonds is 7. The summed E-state index contributed by atoms with van der Waals surface area (Å²) in [6.07, 6.45) is 3.87. The second-order valence-corrected chi connectivity index (χ2v) is 8.08. The molecule has 1 heterocycles. The van der Waals surface area contributed by atoms with Gasteiger partial charge in [-0.1, -0.05) is 25.1 Å². The van der Waals surface area contributed by atoms with Crippen LogP contribution in [0.1, 0.15) is 25.3 Å². The number of ether oxygens (including phenoxy) is 1. The third-order valence-electron chi connectivity index (χ3n) is 3.97. The lowest BCUT2D eigenvalue weighted by atomic mass is 9.88. The number of nitrogens with one attached hydrogen (secondary N) is 1. The minimum absolute atomic E-state index is 0.263. The van der Waals surface area contributed by atoms with Crippen LogP contribution < -0.4 is 10.1 Å². The first kappa shape index (κ1) is 16.3. The van der Waals surface area contributed by atoms with E-state index in [1.165, 1.54) is 11.8 Å². The zero-order valence-electron chi connectivity index (χ0n) is 12.8.